The molecule has 0 N–H and O–H groups in total. The van der Waals surface area contributed by atoms with Gasteiger partial charge in [0.15, 0.2) is 0 Å². The lowest BCUT2D eigenvalue weighted by Crippen LogP contribution is -2.45. The fourth-order valence-electron chi connectivity index (χ4n) is 2.87. The second-order valence-corrected chi connectivity index (χ2v) is 7.05. The summed E-state index contributed by atoms with van der Waals surface area (Å²) < 4.78 is 18.5. The Morgan fingerprint density at radius 1 is 1.31 bits per heavy atom. The smallest absolute Gasteiger partial charge is 0.309 e. The van der Waals surface area contributed by atoms with Crippen LogP contribution >= 0.6 is 15.9 Å². The first-order valence-electron chi connectivity index (χ1n) is 8.48. The van der Waals surface area contributed by atoms with Crippen molar-refractivity contribution in [3.05, 3.63) is 34.1 Å². The van der Waals surface area contributed by atoms with Crippen molar-refractivity contribution in [1.29, 1.82) is 0 Å². The van der Waals surface area contributed by atoms with Gasteiger partial charge in [-0.1, -0.05) is 0 Å². The maximum Gasteiger partial charge on any atom is 0.309 e. The molecule has 2 rings (SSSR count). The van der Waals surface area contributed by atoms with Gasteiger partial charge >= 0.3 is 5.97 Å². The van der Waals surface area contributed by atoms with Gasteiger partial charge in [0.05, 0.1) is 24.6 Å². The summed E-state index contributed by atoms with van der Waals surface area (Å²) in [6, 6.07) is 3.80. The first-order valence-corrected chi connectivity index (χ1v) is 9.27. The fraction of sp³-hybridized carbons (Fsp3) is 0.500. The number of likely N-dealkylation sites (N-methyl/N-ethyl adjacent to an activating group) is 1. The van der Waals surface area contributed by atoms with Gasteiger partial charge in [0.1, 0.15) is 5.82 Å². The minimum atomic E-state index is -0.448. The van der Waals surface area contributed by atoms with Gasteiger partial charge in [-0.15, -0.1) is 0 Å². The summed E-state index contributed by atoms with van der Waals surface area (Å²) in [4.78, 5) is 39.6. The summed E-state index contributed by atoms with van der Waals surface area (Å²) in [7, 11) is 1.53. The number of ether oxygens (including phenoxy) is 1. The van der Waals surface area contributed by atoms with E-state index >= 15 is 0 Å². The Morgan fingerprint density at radius 3 is 2.54 bits per heavy atom. The number of esters is 1. The number of halogens is 2. The Bertz CT molecular complexity index is 690. The maximum atomic E-state index is 13.2. The summed E-state index contributed by atoms with van der Waals surface area (Å²) in [6.07, 6.45) is 1.12. The topological polar surface area (TPSA) is 66.9 Å². The fourth-order valence-corrected chi connectivity index (χ4v) is 3.39. The SMILES string of the molecule is CCOC(=O)C1CCN(C(=O)CN(C)C(=O)c2ccc(F)cc2Br)CC1. The number of carbonyl (C=O) groups excluding carboxylic acids is 3. The molecule has 1 saturated heterocycles. The molecule has 2 amide bonds. The quantitative estimate of drug-likeness (QED) is 0.675. The Balaban J connectivity index is 1.89. The van der Waals surface area contributed by atoms with Crippen LogP contribution in [-0.4, -0.2) is 60.9 Å². The van der Waals surface area contributed by atoms with Gasteiger partial charge < -0.3 is 14.5 Å². The third-order valence-corrected chi connectivity index (χ3v) is 5.00. The van der Waals surface area contributed by atoms with Gasteiger partial charge in [-0.3, -0.25) is 14.4 Å². The van der Waals surface area contributed by atoms with Crippen LogP contribution in [0.25, 0.3) is 0 Å². The summed E-state index contributed by atoms with van der Waals surface area (Å²) in [5.74, 6) is -1.38. The molecule has 1 heterocycles. The van der Waals surface area contributed by atoms with Crippen molar-refractivity contribution in [2.75, 3.05) is 33.3 Å². The highest BCUT2D eigenvalue weighted by atomic mass is 79.9. The van der Waals surface area contributed by atoms with Crippen molar-refractivity contribution in [3.8, 4) is 0 Å². The van der Waals surface area contributed by atoms with Crippen molar-refractivity contribution in [2.45, 2.75) is 19.8 Å². The molecule has 1 aromatic rings. The highest BCUT2D eigenvalue weighted by molar-refractivity contribution is 9.10. The van der Waals surface area contributed by atoms with E-state index in [0.29, 0.717) is 42.6 Å². The Morgan fingerprint density at radius 2 is 1.96 bits per heavy atom. The van der Waals surface area contributed by atoms with Gasteiger partial charge in [-0.05, 0) is 53.9 Å². The van der Waals surface area contributed by atoms with E-state index in [2.05, 4.69) is 15.9 Å². The number of benzene rings is 1. The van der Waals surface area contributed by atoms with Gasteiger partial charge in [-0.25, -0.2) is 4.39 Å². The highest BCUT2D eigenvalue weighted by Gasteiger charge is 2.29. The number of carbonyl (C=O) groups is 3. The van der Waals surface area contributed by atoms with Crippen molar-refractivity contribution in [3.63, 3.8) is 0 Å². The molecule has 1 aliphatic rings. The number of hydrogen-bond acceptors (Lipinski definition) is 4. The van der Waals surface area contributed by atoms with Crippen LogP contribution in [0.15, 0.2) is 22.7 Å². The summed E-state index contributed by atoms with van der Waals surface area (Å²) in [6.45, 7) is 2.97. The molecule has 8 heteroatoms. The zero-order chi connectivity index (χ0) is 19.3. The molecule has 0 aromatic heterocycles. The van der Waals surface area contributed by atoms with E-state index in [1.54, 1.807) is 11.8 Å². The summed E-state index contributed by atoms with van der Waals surface area (Å²) in [5, 5.41) is 0. The van der Waals surface area contributed by atoms with Gasteiger partial charge in [0.2, 0.25) is 5.91 Å². The largest absolute Gasteiger partial charge is 0.466 e. The second-order valence-electron chi connectivity index (χ2n) is 6.19. The molecule has 0 aliphatic carbocycles. The molecule has 0 spiro atoms. The second kappa shape index (κ2) is 9.12. The number of rotatable bonds is 5. The zero-order valence-electron chi connectivity index (χ0n) is 14.8. The molecule has 0 atom stereocenters. The van der Waals surface area contributed by atoms with Crippen LogP contribution in [0.2, 0.25) is 0 Å². The third kappa shape index (κ3) is 5.03. The maximum absolute atomic E-state index is 13.2. The summed E-state index contributed by atoms with van der Waals surface area (Å²) >= 11 is 3.17. The predicted octanol–water partition coefficient (Wildman–Crippen LogP) is 2.46. The van der Waals surface area contributed by atoms with E-state index in [-0.39, 0.29) is 30.2 Å². The van der Waals surface area contributed by atoms with Crippen LogP contribution in [0.1, 0.15) is 30.1 Å². The van der Waals surface area contributed by atoms with Crippen molar-refractivity contribution in [2.24, 2.45) is 5.92 Å². The van der Waals surface area contributed by atoms with Crippen LogP contribution < -0.4 is 0 Å². The van der Waals surface area contributed by atoms with Crippen LogP contribution in [0.4, 0.5) is 4.39 Å². The number of piperidine rings is 1. The van der Waals surface area contributed by atoms with Gasteiger partial charge in [0, 0.05) is 24.6 Å². The standard InChI is InChI=1S/C18H22BrFN2O4/c1-3-26-18(25)12-6-8-22(9-7-12)16(23)11-21(2)17(24)14-5-4-13(20)10-15(14)19/h4-5,10,12H,3,6-9,11H2,1-2H3. The van der Waals surface area contributed by atoms with Crippen molar-refractivity contribution >= 4 is 33.7 Å². The van der Waals surface area contributed by atoms with E-state index in [1.807, 2.05) is 0 Å². The van der Waals surface area contributed by atoms with Crippen LogP contribution in [0, 0.1) is 11.7 Å². The monoisotopic (exact) mass is 428 g/mol. The van der Waals surface area contributed by atoms with Crippen molar-refractivity contribution in [1.82, 2.24) is 9.80 Å². The molecule has 26 heavy (non-hydrogen) atoms. The summed E-state index contributed by atoms with van der Waals surface area (Å²) in [5.41, 5.74) is 0.294. The Hall–Kier alpha value is -1.96. The third-order valence-electron chi connectivity index (χ3n) is 4.35. The first-order chi connectivity index (χ1) is 12.3. The average molecular weight is 429 g/mol. The van der Waals surface area contributed by atoms with Crippen molar-refractivity contribution < 1.29 is 23.5 Å². The zero-order valence-corrected chi connectivity index (χ0v) is 16.4. The minimum absolute atomic E-state index is 0.0767. The lowest BCUT2D eigenvalue weighted by molar-refractivity contribution is -0.151. The molecular weight excluding hydrogens is 407 g/mol. The predicted molar refractivity (Wildman–Crippen MR) is 97.0 cm³/mol. The molecule has 142 valence electrons. The van der Waals surface area contributed by atoms with Gasteiger partial charge in [-0.2, -0.15) is 0 Å². The Labute approximate surface area is 160 Å². The van der Waals surface area contributed by atoms with Crippen LogP contribution in [0.5, 0.6) is 0 Å². The molecule has 0 unspecified atom stereocenters. The van der Waals surface area contributed by atoms with E-state index in [1.165, 1.54) is 30.1 Å². The highest BCUT2D eigenvalue weighted by Crippen LogP contribution is 2.21. The van der Waals surface area contributed by atoms with E-state index in [9.17, 15) is 18.8 Å². The molecule has 1 fully saturated rings. The minimum Gasteiger partial charge on any atom is -0.466 e. The van der Waals surface area contributed by atoms with E-state index in [0.717, 1.165) is 0 Å². The number of likely N-dealkylation sites (tertiary alicyclic amines) is 1. The number of amides is 2. The van der Waals surface area contributed by atoms with E-state index < -0.39 is 5.82 Å². The number of nitrogens with zero attached hydrogens (tertiary/aromatic N) is 2. The van der Waals surface area contributed by atoms with E-state index in [4.69, 9.17) is 4.74 Å². The van der Waals surface area contributed by atoms with Crippen LogP contribution in [-0.2, 0) is 14.3 Å². The first kappa shape index (κ1) is 20.4. The molecule has 6 nitrogen and oxygen atoms in total. The number of hydrogen-bond donors (Lipinski definition) is 0. The molecule has 1 aromatic carbocycles. The molecular formula is C18H22BrFN2O4. The molecule has 0 bridgehead atoms. The van der Waals surface area contributed by atoms with Crippen LogP contribution in [0.3, 0.4) is 0 Å². The Kier molecular flexibility index (Phi) is 7.14. The van der Waals surface area contributed by atoms with Gasteiger partial charge in [0.25, 0.3) is 5.91 Å². The lowest BCUT2D eigenvalue weighted by Gasteiger charge is -2.32. The molecule has 1 aliphatic heterocycles. The molecule has 0 radical (unpaired) electrons. The lowest BCUT2D eigenvalue weighted by atomic mass is 9.97. The normalized spacial score (nSPS) is 14.8. The molecule has 0 saturated carbocycles. The average Bonchev–Trinajstić information content (AvgIpc) is 2.61.